The molecule has 0 radical (unpaired) electrons. The lowest BCUT2D eigenvalue weighted by molar-refractivity contribution is -0.870. The molecular weight excluding hydrogens is 972 g/mol. The van der Waals surface area contributed by atoms with Crippen LogP contribution < -0.4 is 10.2 Å². The van der Waals surface area contributed by atoms with Gasteiger partial charge in [-0.25, -0.2) is 0 Å². The minimum absolute atomic E-state index is 0.0115. The van der Waals surface area contributed by atoms with Crippen LogP contribution >= 0.6 is 7.82 Å². The second kappa shape index (κ2) is 57.6. The summed E-state index contributed by atoms with van der Waals surface area (Å²) >= 11 is 0. The number of carbonyl (C=O) groups is 1. The van der Waals surface area contributed by atoms with E-state index in [9.17, 15) is 19.4 Å². The second-order valence-corrected chi connectivity index (χ2v) is 23.4. The molecule has 1 amide bonds. The Hall–Kier alpha value is -3.10. The molecule has 0 rings (SSSR count). The average Bonchev–Trinajstić information content (AvgIpc) is 3.39. The normalized spacial score (nSPS) is 14.6. The molecule has 0 aromatic carbocycles. The van der Waals surface area contributed by atoms with Crippen molar-refractivity contribution in [1.82, 2.24) is 5.32 Å². The molecule has 2 N–H and O–H groups in total. The number of phosphoric acid groups is 1. The van der Waals surface area contributed by atoms with Gasteiger partial charge in [0.15, 0.2) is 0 Å². The summed E-state index contributed by atoms with van der Waals surface area (Å²) in [4.78, 5) is 25.5. The Bertz CT molecular complexity index is 1670. The first-order valence-corrected chi connectivity index (χ1v) is 32.9. The van der Waals surface area contributed by atoms with E-state index in [0.29, 0.717) is 17.4 Å². The van der Waals surface area contributed by atoms with Crippen LogP contribution in [0.1, 0.15) is 251 Å². The van der Waals surface area contributed by atoms with Crippen molar-refractivity contribution < 1.29 is 32.9 Å². The minimum atomic E-state index is -4.61. The first-order chi connectivity index (χ1) is 37.5. The summed E-state index contributed by atoms with van der Waals surface area (Å²) in [5.41, 5.74) is 0. The molecule has 3 unspecified atom stereocenters. The number of quaternary nitrogens is 1. The fourth-order valence-corrected chi connectivity index (χ4v) is 9.26. The highest BCUT2D eigenvalue weighted by molar-refractivity contribution is 7.45. The molecule has 0 aliphatic carbocycles. The number of likely N-dealkylation sites (N-methyl/N-ethyl adjacent to an activating group) is 1. The van der Waals surface area contributed by atoms with Gasteiger partial charge in [0.05, 0.1) is 39.9 Å². The van der Waals surface area contributed by atoms with Crippen LogP contribution in [-0.2, 0) is 18.4 Å². The van der Waals surface area contributed by atoms with Crippen LogP contribution in [0.4, 0.5) is 0 Å². The van der Waals surface area contributed by atoms with Gasteiger partial charge < -0.3 is 28.8 Å². The van der Waals surface area contributed by atoms with Crippen LogP contribution in [0.2, 0.25) is 0 Å². The number of amides is 1. The molecule has 8 nitrogen and oxygen atoms in total. The topological polar surface area (TPSA) is 108 Å². The van der Waals surface area contributed by atoms with Gasteiger partial charge in [0.25, 0.3) is 7.82 Å². The number of unbranched alkanes of at least 4 members (excludes halogenated alkanes) is 25. The van der Waals surface area contributed by atoms with Gasteiger partial charge in [0, 0.05) is 6.42 Å². The molecule has 3 atom stereocenters. The third-order valence-electron chi connectivity index (χ3n) is 13.4. The maximum atomic E-state index is 13.0. The zero-order valence-electron chi connectivity index (χ0n) is 50.4. The van der Waals surface area contributed by atoms with Crippen molar-refractivity contribution in [3.63, 3.8) is 0 Å². The average molecular weight is 1090 g/mol. The maximum Gasteiger partial charge on any atom is 0.268 e. The largest absolute Gasteiger partial charge is 0.756 e. The van der Waals surface area contributed by atoms with Crippen molar-refractivity contribution in [2.24, 2.45) is 0 Å². The summed E-state index contributed by atoms with van der Waals surface area (Å²) in [6.07, 6.45) is 85.8. The summed E-state index contributed by atoms with van der Waals surface area (Å²) in [5, 5.41) is 13.9. The van der Waals surface area contributed by atoms with E-state index in [0.717, 1.165) is 89.9 Å². The summed E-state index contributed by atoms with van der Waals surface area (Å²) in [6, 6.07) is -0.912. The van der Waals surface area contributed by atoms with Gasteiger partial charge >= 0.3 is 0 Å². The quantitative estimate of drug-likeness (QED) is 0.0272. The summed E-state index contributed by atoms with van der Waals surface area (Å²) in [5.74, 6) is -0.213. The molecule has 9 heteroatoms. The van der Waals surface area contributed by atoms with E-state index in [4.69, 9.17) is 9.05 Å². The SMILES string of the molecule is CC/C=C\C/C=C\C/C=C\C/C=C\C/C=C\C/C=C\C/C=C\C/C=C\CCCCCCCCCCCCCCC(=O)NC(COP(=O)([O-])OCC[N+](C)(C)C)C(O)/C=C/CC/C=C/CCCCCCCCCCCCCC. The van der Waals surface area contributed by atoms with Crippen LogP contribution in [0.5, 0.6) is 0 Å². The molecule has 0 saturated heterocycles. The molecule has 77 heavy (non-hydrogen) atoms. The highest BCUT2D eigenvalue weighted by Gasteiger charge is 2.23. The first-order valence-electron chi connectivity index (χ1n) is 31.4. The van der Waals surface area contributed by atoms with E-state index >= 15 is 0 Å². The van der Waals surface area contributed by atoms with E-state index in [2.05, 4.69) is 129 Å². The van der Waals surface area contributed by atoms with E-state index < -0.39 is 26.6 Å². The van der Waals surface area contributed by atoms with Gasteiger partial charge in [-0.2, -0.15) is 0 Å². The number of hydrogen-bond donors (Lipinski definition) is 2. The molecule has 0 saturated carbocycles. The molecule has 0 bridgehead atoms. The predicted octanol–water partition coefficient (Wildman–Crippen LogP) is 19.1. The third kappa shape index (κ3) is 60.4. The maximum absolute atomic E-state index is 13.0. The van der Waals surface area contributed by atoms with Gasteiger partial charge in [-0.05, 0) is 96.3 Å². The van der Waals surface area contributed by atoms with Crippen LogP contribution in [-0.4, -0.2) is 68.5 Å². The van der Waals surface area contributed by atoms with Crippen molar-refractivity contribution in [3.8, 4) is 0 Å². The summed E-state index contributed by atoms with van der Waals surface area (Å²) < 4.78 is 23.4. The van der Waals surface area contributed by atoms with Crippen molar-refractivity contribution in [2.75, 3.05) is 40.9 Å². The highest BCUT2D eigenvalue weighted by atomic mass is 31.2. The number of hydrogen-bond acceptors (Lipinski definition) is 6. The molecule has 0 aromatic rings. The molecule has 0 aromatic heterocycles. The lowest BCUT2D eigenvalue weighted by Gasteiger charge is -2.29. The van der Waals surface area contributed by atoms with E-state index in [-0.39, 0.29) is 12.5 Å². The van der Waals surface area contributed by atoms with Gasteiger partial charge in [0.1, 0.15) is 13.2 Å². The molecule has 0 aliphatic heterocycles. The number of aliphatic hydroxyl groups excluding tert-OH is 1. The summed E-state index contributed by atoms with van der Waals surface area (Å²) in [6.45, 7) is 4.51. The number of nitrogens with zero attached hydrogens (tertiary/aromatic N) is 1. The lowest BCUT2D eigenvalue weighted by Crippen LogP contribution is -2.45. The van der Waals surface area contributed by atoms with Gasteiger partial charge in [-0.15, -0.1) is 0 Å². The van der Waals surface area contributed by atoms with Crippen LogP contribution in [0, 0.1) is 0 Å². The molecule has 0 spiro atoms. The van der Waals surface area contributed by atoms with Crippen molar-refractivity contribution in [2.45, 2.75) is 264 Å². The van der Waals surface area contributed by atoms with E-state index in [1.807, 2.05) is 27.2 Å². The Kier molecular flexibility index (Phi) is 55.3. The number of rotatable bonds is 56. The molecule has 0 heterocycles. The Balaban J connectivity index is 4.14. The Morgan fingerprint density at radius 1 is 0.468 bits per heavy atom. The van der Waals surface area contributed by atoms with Crippen molar-refractivity contribution in [3.05, 3.63) is 122 Å². The standard InChI is InChI=1S/C68H119N2O6P/c1-6-8-10-12-14-16-18-20-22-24-26-27-28-29-30-31-32-33-34-35-36-37-38-39-40-41-42-43-44-46-48-50-52-54-56-58-60-62-68(72)69-66(65-76-77(73,74)75-64-63-70(3,4)5)67(71)61-59-57-55-53-51-49-47-45-25-23-21-19-17-15-13-11-9-7-2/h8,10,14,16,20,22,26-27,29-30,32-33,35-36,38-39,51,53,59,61,66-67,71H,6-7,9,11-13,15,17-19,21,23-25,28,31,34,37,40-50,52,54-58,60,62-65H2,1-5H3,(H-,69,72,73,74)/b10-8-,16-14-,22-20-,27-26-,30-29-,33-32-,36-35-,39-38-,53-51+,61-59+. The van der Waals surface area contributed by atoms with Gasteiger partial charge in [0.2, 0.25) is 5.91 Å². The zero-order chi connectivity index (χ0) is 56.3. The number of allylic oxidation sites excluding steroid dienone is 19. The highest BCUT2D eigenvalue weighted by Crippen LogP contribution is 2.38. The number of aliphatic hydroxyl groups is 1. The molecule has 442 valence electrons. The van der Waals surface area contributed by atoms with Crippen LogP contribution in [0.3, 0.4) is 0 Å². The van der Waals surface area contributed by atoms with E-state index in [1.165, 1.54) is 141 Å². The van der Waals surface area contributed by atoms with Crippen LogP contribution in [0.25, 0.3) is 0 Å². The number of phosphoric ester groups is 1. The number of nitrogens with one attached hydrogen (secondary N) is 1. The van der Waals surface area contributed by atoms with E-state index in [1.54, 1.807) is 6.08 Å². The summed E-state index contributed by atoms with van der Waals surface area (Å²) in [7, 11) is 1.23. The van der Waals surface area contributed by atoms with Crippen molar-refractivity contribution in [1.29, 1.82) is 0 Å². The third-order valence-corrected chi connectivity index (χ3v) is 14.4. The predicted molar refractivity (Wildman–Crippen MR) is 334 cm³/mol. The second-order valence-electron chi connectivity index (χ2n) is 22.0. The first kappa shape index (κ1) is 73.9. The Morgan fingerprint density at radius 3 is 1.21 bits per heavy atom. The molecular formula is C68H119N2O6P. The zero-order valence-corrected chi connectivity index (χ0v) is 51.3. The fraction of sp³-hybridized carbons (Fsp3) is 0.691. The Morgan fingerprint density at radius 2 is 0.805 bits per heavy atom. The van der Waals surface area contributed by atoms with Crippen LogP contribution in [0.15, 0.2) is 122 Å². The van der Waals surface area contributed by atoms with Crippen molar-refractivity contribution >= 4 is 13.7 Å². The van der Waals surface area contributed by atoms with Gasteiger partial charge in [-0.3, -0.25) is 9.36 Å². The molecule has 0 fully saturated rings. The smallest absolute Gasteiger partial charge is 0.268 e. The lowest BCUT2D eigenvalue weighted by atomic mass is 10.0. The number of carbonyl (C=O) groups excluding carboxylic acids is 1. The monoisotopic (exact) mass is 1090 g/mol. The Labute approximate surface area is 475 Å². The fourth-order valence-electron chi connectivity index (χ4n) is 8.54. The minimum Gasteiger partial charge on any atom is -0.756 e. The molecule has 0 aliphatic rings. The van der Waals surface area contributed by atoms with Gasteiger partial charge in [-0.1, -0.05) is 270 Å².